The molecule has 1 saturated carbocycles. The highest BCUT2D eigenvalue weighted by atomic mass is 19.4. The Morgan fingerprint density at radius 1 is 0.521 bits per heavy atom. The molecule has 0 radical (unpaired) electrons. The Morgan fingerprint density at radius 3 is 1.56 bits per heavy atom. The lowest BCUT2D eigenvalue weighted by Crippen LogP contribution is -2.47. The number of rotatable bonds is 28. The summed E-state index contributed by atoms with van der Waals surface area (Å²) >= 11 is 0. The maximum atomic E-state index is 13.6. The molecule has 9 heterocycles. The number of anilines is 1. The second-order valence-corrected chi connectivity index (χ2v) is 31.1. The zero-order chi connectivity index (χ0) is 86.4. The van der Waals surface area contributed by atoms with Crippen molar-refractivity contribution in [3.63, 3.8) is 0 Å². The van der Waals surface area contributed by atoms with Gasteiger partial charge in [-0.05, 0) is 68.0 Å². The van der Waals surface area contributed by atoms with E-state index in [0.29, 0.717) is 126 Å². The number of alkyl halides is 3. The summed E-state index contributed by atoms with van der Waals surface area (Å²) in [5.41, 5.74) is 4.03. The molecule has 1 aliphatic carbocycles. The van der Waals surface area contributed by atoms with E-state index in [4.69, 9.17) is 28.4 Å². The summed E-state index contributed by atoms with van der Waals surface area (Å²) in [5, 5.41) is 5.65. The van der Waals surface area contributed by atoms with Gasteiger partial charge in [-0.3, -0.25) is 48.1 Å². The Hall–Kier alpha value is -11.9. The third kappa shape index (κ3) is 29.2. The molecule has 6 aliphatic rings. The van der Waals surface area contributed by atoms with Crippen LogP contribution >= 0.6 is 0 Å². The van der Waals surface area contributed by atoms with Gasteiger partial charge in [0.1, 0.15) is 43.0 Å². The van der Waals surface area contributed by atoms with Crippen molar-refractivity contribution in [2.24, 2.45) is 11.8 Å². The molecule has 0 bridgehead atoms. The first kappa shape index (κ1) is 91.4. The van der Waals surface area contributed by atoms with Crippen LogP contribution in [0.25, 0.3) is 0 Å². The van der Waals surface area contributed by atoms with Gasteiger partial charge >= 0.3 is 18.2 Å². The van der Waals surface area contributed by atoms with E-state index in [0.717, 1.165) is 48.2 Å². The van der Waals surface area contributed by atoms with E-state index in [1.807, 2.05) is 100 Å². The number of amides is 7. The molecule has 2 N–H and O–H groups in total. The fourth-order valence-corrected chi connectivity index (χ4v) is 14.5. The van der Waals surface area contributed by atoms with E-state index in [1.165, 1.54) is 49.1 Å². The quantitative estimate of drug-likeness (QED) is 0.0199. The van der Waals surface area contributed by atoms with Crippen LogP contribution in [-0.4, -0.2) is 201 Å². The van der Waals surface area contributed by atoms with E-state index < -0.39 is 41.6 Å². The van der Waals surface area contributed by atoms with Crippen LogP contribution in [0.15, 0.2) is 158 Å². The van der Waals surface area contributed by atoms with Gasteiger partial charge in [0.2, 0.25) is 53.1 Å². The monoisotopic (exact) mass is 1670 g/mol. The number of halogens is 4. The van der Waals surface area contributed by atoms with Gasteiger partial charge in [0.05, 0.1) is 37.1 Å². The van der Waals surface area contributed by atoms with Gasteiger partial charge in [0.25, 0.3) is 5.88 Å². The Labute approximate surface area is 701 Å². The van der Waals surface area contributed by atoms with Crippen LogP contribution in [0.4, 0.5) is 28.0 Å². The van der Waals surface area contributed by atoms with Gasteiger partial charge in [-0.1, -0.05) is 123 Å². The highest BCUT2D eigenvalue weighted by molar-refractivity contribution is 5.99. The molecule has 13 rings (SSSR count). The highest BCUT2D eigenvalue weighted by Gasteiger charge is 2.39. The number of nitrogens with zero attached hydrogens (tertiary/aromatic N) is 9. The molecule has 3 unspecified atom stereocenters. The third-order valence-electron chi connectivity index (χ3n) is 21.4. The molecule has 646 valence electrons. The first-order valence-electron chi connectivity index (χ1n) is 41.4. The lowest BCUT2D eigenvalue weighted by Gasteiger charge is -2.34. The van der Waals surface area contributed by atoms with Crippen LogP contribution in [-0.2, 0) is 55.8 Å². The standard InChI is InChI=1S/C29H36N4O7.C22H23F3N2O3.C20H22N2O3.C19H26FN3O3/c1-19(2)26(28(36)38-18-21-7-5-4-6-8-21)27(35)32-13-11-23(12-14-32)39-25-10-9-22(15-31-25)33-17-24(40-29(33)37)16-30-20(3)34;1-15-2-4-16(5-3-15)19(28)7-9-21(29)27-12-10-18(11-13-27)30-20-8-6-17(14-26-20)22(23,24)25;1-15-7-9-19(21-13-15)25-17-11-12-22(14-17)20(24)10-8-18(23)16-5-3-2-4-6-16;20-16-6-3-11-21-19(16)26-15-9-12-23(13-10-15)18(25)8-7-17(24)22-14-4-1-2-5-14/h4-10,15,19,23-24,26H,11-14,16-18H2,1-3H3,(H,30,34);2-6,8,14,18H,7,9-13H2,1H3;2-7,9,13,17H,8,10-12,14H2,1H3;3,6,11,14-15H,1-2,4-5,7-10,12-13H2,(H,22,24). The lowest BCUT2D eigenvalue weighted by atomic mass is 9.93. The number of esters is 1. The molecular formula is C90H107F4N11O16. The number of carbonyl (C=O) groups excluding carboxylic acids is 10. The minimum atomic E-state index is -4.43. The third-order valence-corrected chi connectivity index (χ3v) is 21.4. The smallest absolute Gasteiger partial charge is 0.417 e. The molecule has 27 nitrogen and oxygen atoms in total. The van der Waals surface area contributed by atoms with E-state index >= 15 is 0 Å². The number of carbonyl (C=O) groups is 10. The molecule has 6 fully saturated rings. The van der Waals surface area contributed by atoms with E-state index in [2.05, 4.69) is 30.6 Å². The summed E-state index contributed by atoms with van der Waals surface area (Å²) in [6.07, 6.45) is 9.73. The summed E-state index contributed by atoms with van der Waals surface area (Å²) < 4.78 is 85.2. The molecule has 3 aromatic carbocycles. The minimum Gasteiger partial charge on any atom is -0.474 e. The normalized spacial score (nSPS) is 17.3. The van der Waals surface area contributed by atoms with Crippen molar-refractivity contribution in [3.8, 4) is 23.5 Å². The largest absolute Gasteiger partial charge is 0.474 e. The fraction of sp³-hybridized carbons (Fsp3) is 0.467. The van der Waals surface area contributed by atoms with E-state index in [-0.39, 0.29) is 147 Å². The number of benzene rings is 3. The van der Waals surface area contributed by atoms with Crippen LogP contribution in [0.1, 0.15) is 173 Å². The molecule has 5 aliphatic heterocycles. The molecule has 0 spiro atoms. The fourth-order valence-electron chi connectivity index (χ4n) is 14.5. The topological polar surface area (TPSA) is 318 Å². The zero-order valence-electron chi connectivity index (χ0n) is 69.0. The number of piperidine rings is 3. The van der Waals surface area contributed by atoms with Gasteiger partial charge in [-0.15, -0.1) is 0 Å². The number of pyridine rings is 4. The zero-order valence-corrected chi connectivity index (χ0v) is 69.0. The number of aromatic nitrogens is 4. The molecule has 5 saturated heterocycles. The molecule has 4 aromatic heterocycles. The van der Waals surface area contributed by atoms with Crippen molar-refractivity contribution in [1.29, 1.82) is 0 Å². The van der Waals surface area contributed by atoms with Gasteiger partial charge in [0, 0.05) is 190 Å². The van der Waals surface area contributed by atoms with E-state index in [9.17, 15) is 65.5 Å². The van der Waals surface area contributed by atoms with Crippen LogP contribution in [0.5, 0.6) is 23.5 Å². The van der Waals surface area contributed by atoms with Crippen molar-refractivity contribution in [2.45, 2.75) is 193 Å². The number of ether oxygens (including phenoxy) is 6. The summed E-state index contributed by atoms with van der Waals surface area (Å²) in [6, 6.07) is 38.2. The first-order chi connectivity index (χ1) is 58.2. The number of cyclic esters (lactones) is 1. The minimum absolute atomic E-state index is 0.00445. The van der Waals surface area contributed by atoms with Crippen molar-refractivity contribution in [2.75, 3.05) is 70.3 Å². The first-order valence-corrected chi connectivity index (χ1v) is 41.4. The van der Waals surface area contributed by atoms with Crippen LogP contribution in [0.3, 0.4) is 0 Å². The molecule has 121 heavy (non-hydrogen) atoms. The molecular weight excluding hydrogens is 1570 g/mol. The number of aryl methyl sites for hydroxylation is 2. The molecule has 7 amide bonds. The van der Waals surface area contributed by atoms with Crippen molar-refractivity contribution in [1.82, 2.24) is 50.2 Å². The van der Waals surface area contributed by atoms with E-state index in [1.54, 1.807) is 68.4 Å². The van der Waals surface area contributed by atoms with Crippen LogP contribution in [0.2, 0.25) is 0 Å². The number of likely N-dealkylation sites (tertiary alicyclic amines) is 4. The summed E-state index contributed by atoms with van der Waals surface area (Å²) in [7, 11) is 0. The maximum Gasteiger partial charge on any atom is 0.417 e. The van der Waals surface area contributed by atoms with Gasteiger partial charge in [-0.2, -0.15) is 13.2 Å². The average Bonchev–Trinajstić information content (AvgIpc) is 1.33. The van der Waals surface area contributed by atoms with Gasteiger partial charge < -0.3 is 58.7 Å². The average molecular weight is 1670 g/mol. The second kappa shape index (κ2) is 45.5. The SMILES string of the molecule is CC(=O)NCC1CN(c2ccc(OC3CCN(C(=O)C(C(=O)OCc4ccccc4)C(C)C)CC3)nc2)C(=O)O1.Cc1ccc(C(=O)CCC(=O)N2CCC(Oc3ccc(C(F)(F)F)cn3)CC2)cc1.Cc1ccc(OC2CCN(C(=O)CCC(=O)c3ccccc3)C2)nc1.O=C(CCC(=O)N1CCC(Oc2ncccc2F)CC1)NC1CCCC1. The molecule has 31 heteroatoms. The van der Waals surface area contributed by atoms with Gasteiger partial charge in [0.15, 0.2) is 17.4 Å². The number of ketones is 2. The Bertz CT molecular complexity index is 4550. The number of hydrogen-bond donors (Lipinski definition) is 2. The summed E-state index contributed by atoms with van der Waals surface area (Å²) in [6.45, 7) is 13.9. The van der Waals surface area contributed by atoms with Crippen molar-refractivity contribution >= 4 is 64.8 Å². The number of Topliss-reactive ketones (excluding diaryl/α,β-unsaturated/α-hetero) is 2. The lowest BCUT2D eigenvalue weighted by molar-refractivity contribution is -0.160. The highest BCUT2D eigenvalue weighted by Crippen LogP contribution is 2.32. The Kier molecular flexibility index (Phi) is 34.3. The Balaban J connectivity index is 0.000000172. The van der Waals surface area contributed by atoms with Crippen LogP contribution < -0.4 is 34.5 Å². The number of hydrogen-bond acceptors (Lipinski definition) is 20. The predicted octanol–water partition coefficient (Wildman–Crippen LogP) is 12.8. The van der Waals surface area contributed by atoms with Crippen molar-refractivity contribution < 1.29 is 93.9 Å². The van der Waals surface area contributed by atoms with Crippen LogP contribution in [0, 0.1) is 31.5 Å². The molecule has 7 aromatic rings. The Morgan fingerprint density at radius 2 is 1.02 bits per heavy atom. The van der Waals surface area contributed by atoms with Gasteiger partial charge in [-0.25, -0.2) is 29.1 Å². The number of nitrogens with one attached hydrogen (secondary N) is 2. The second-order valence-electron chi connectivity index (χ2n) is 31.1. The molecule has 3 atom stereocenters. The summed E-state index contributed by atoms with van der Waals surface area (Å²) in [5.74, 6) is -1.45. The maximum absolute atomic E-state index is 13.6. The predicted molar refractivity (Wildman–Crippen MR) is 438 cm³/mol. The summed E-state index contributed by atoms with van der Waals surface area (Å²) in [4.78, 5) is 147. The van der Waals surface area contributed by atoms with Crippen molar-refractivity contribution in [3.05, 3.63) is 197 Å².